The molecule has 1 aliphatic heterocycles. The summed E-state index contributed by atoms with van der Waals surface area (Å²) in [7, 11) is 0. The minimum absolute atomic E-state index is 0.463. The third-order valence-electron chi connectivity index (χ3n) is 5.72. The number of unbranched alkanes of at least 4 members (excludes halogenated alkanes) is 2. The van der Waals surface area contributed by atoms with E-state index in [1.165, 1.54) is 64.5 Å². The maximum atomic E-state index is 3.94. The fourth-order valence-electron chi connectivity index (χ4n) is 4.30. The minimum atomic E-state index is 0.463. The molecular weight excluding hydrogens is 244 g/mol. The van der Waals surface area contributed by atoms with Crippen LogP contribution in [-0.2, 0) is 0 Å². The van der Waals surface area contributed by atoms with Gasteiger partial charge in [-0.25, -0.2) is 0 Å². The molecule has 1 N–H and O–H groups in total. The van der Waals surface area contributed by atoms with Crippen molar-refractivity contribution in [1.82, 2.24) is 10.2 Å². The molecular formula is C18H36N2. The maximum Gasteiger partial charge on any atom is 0.0309 e. The second-order valence-electron chi connectivity index (χ2n) is 7.70. The van der Waals surface area contributed by atoms with Crippen molar-refractivity contribution in [2.45, 2.75) is 96.7 Å². The van der Waals surface area contributed by atoms with Gasteiger partial charge in [-0.15, -0.1) is 0 Å². The summed E-state index contributed by atoms with van der Waals surface area (Å²) in [4.78, 5) is 2.86. The first-order valence-electron chi connectivity index (χ1n) is 9.09. The molecule has 0 aromatic heterocycles. The molecule has 1 saturated carbocycles. The summed E-state index contributed by atoms with van der Waals surface area (Å²) >= 11 is 0. The van der Waals surface area contributed by atoms with Crippen LogP contribution in [0.15, 0.2) is 0 Å². The number of nitrogens with zero attached hydrogens (tertiary/aromatic N) is 1. The minimum Gasteiger partial charge on any atom is -0.308 e. The van der Waals surface area contributed by atoms with Crippen LogP contribution in [-0.4, -0.2) is 35.6 Å². The van der Waals surface area contributed by atoms with E-state index < -0.39 is 0 Å². The van der Waals surface area contributed by atoms with E-state index in [1.54, 1.807) is 0 Å². The Kier molecular flexibility index (Phi) is 5.92. The molecule has 2 nitrogen and oxygen atoms in total. The zero-order chi connectivity index (χ0) is 14.6. The van der Waals surface area contributed by atoms with Crippen molar-refractivity contribution in [3.05, 3.63) is 0 Å². The fourth-order valence-corrected chi connectivity index (χ4v) is 4.30. The monoisotopic (exact) mass is 280 g/mol. The van der Waals surface area contributed by atoms with Crippen LogP contribution in [0.3, 0.4) is 0 Å². The van der Waals surface area contributed by atoms with Gasteiger partial charge < -0.3 is 5.32 Å². The molecule has 2 rings (SSSR count). The number of hydrogen-bond donors (Lipinski definition) is 1. The summed E-state index contributed by atoms with van der Waals surface area (Å²) in [6, 6.07) is 1.49. The Labute approximate surface area is 126 Å². The summed E-state index contributed by atoms with van der Waals surface area (Å²) < 4.78 is 0. The van der Waals surface area contributed by atoms with Gasteiger partial charge in [0.05, 0.1) is 0 Å². The van der Waals surface area contributed by atoms with Gasteiger partial charge in [0.2, 0.25) is 0 Å². The third-order valence-corrected chi connectivity index (χ3v) is 5.72. The summed E-state index contributed by atoms with van der Waals surface area (Å²) in [5.74, 6) is 0.759. The van der Waals surface area contributed by atoms with E-state index in [0.717, 1.165) is 18.0 Å². The first kappa shape index (κ1) is 16.3. The Hall–Kier alpha value is -0.0800. The predicted octanol–water partition coefficient (Wildman–Crippen LogP) is 4.20. The smallest absolute Gasteiger partial charge is 0.0309 e. The molecule has 0 bridgehead atoms. The summed E-state index contributed by atoms with van der Waals surface area (Å²) in [5.41, 5.74) is 0.463. The van der Waals surface area contributed by atoms with Crippen molar-refractivity contribution in [3.8, 4) is 0 Å². The quantitative estimate of drug-likeness (QED) is 0.734. The molecule has 2 unspecified atom stereocenters. The lowest BCUT2D eigenvalue weighted by Crippen LogP contribution is -2.66. The van der Waals surface area contributed by atoms with Crippen LogP contribution in [0.1, 0.15) is 79.1 Å². The van der Waals surface area contributed by atoms with Crippen LogP contribution in [0.4, 0.5) is 0 Å². The van der Waals surface area contributed by atoms with Crippen molar-refractivity contribution >= 4 is 0 Å². The first-order chi connectivity index (χ1) is 9.58. The van der Waals surface area contributed by atoms with Crippen LogP contribution in [0.25, 0.3) is 0 Å². The molecule has 0 radical (unpaired) electrons. The van der Waals surface area contributed by atoms with Gasteiger partial charge in [0.15, 0.2) is 0 Å². The standard InChI is InChI=1S/C18H36N2/c1-5-6-7-10-16(4)20-14-18(11-8-9-12-18)19-13-17(20)15(2)3/h15-17,19H,5-14H2,1-4H3. The number of hydrogen-bond acceptors (Lipinski definition) is 2. The van der Waals surface area contributed by atoms with E-state index in [-0.39, 0.29) is 0 Å². The molecule has 2 heteroatoms. The van der Waals surface area contributed by atoms with Crippen LogP contribution in [0.5, 0.6) is 0 Å². The van der Waals surface area contributed by atoms with Gasteiger partial charge in [-0.3, -0.25) is 4.90 Å². The number of rotatable bonds is 6. The van der Waals surface area contributed by atoms with E-state index in [0.29, 0.717) is 5.54 Å². The maximum absolute atomic E-state index is 3.94. The zero-order valence-electron chi connectivity index (χ0n) is 14.3. The van der Waals surface area contributed by atoms with Gasteiger partial charge in [0, 0.05) is 30.7 Å². The Bertz CT molecular complexity index is 281. The highest BCUT2D eigenvalue weighted by atomic mass is 15.3. The van der Waals surface area contributed by atoms with Crippen molar-refractivity contribution < 1.29 is 0 Å². The highest BCUT2D eigenvalue weighted by Gasteiger charge is 2.42. The molecule has 118 valence electrons. The van der Waals surface area contributed by atoms with Crippen molar-refractivity contribution in [2.24, 2.45) is 5.92 Å². The van der Waals surface area contributed by atoms with Gasteiger partial charge in [-0.05, 0) is 32.1 Å². The summed E-state index contributed by atoms with van der Waals surface area (Å²) in [6.45, 7) is 12.1. The highest BCUT2D eigenvalue weighted by molar-refractivity contribution is 5.02. The Morgan fingerprint density at radius 1 is 1.15 bits per heavy atom. The number of nitrogens with one attached hydrogen (secondary N) is 1. The summed E-state index contributed by atoms with van der Waals surface area (Å²) in [5, 5.41) is 3.94. The van der Waals surface area contributed by atoms with E-state index >= 15 is 0 Å². The highest BCUT2D eigenvalue weighted by Crippen LogP contribution is 2.35. The molecule has 1 spiro atoms. The molecule has 2 atom stereocenters. The van der Waals surface area contributed by atoms with Crippen LogP contribution in [0, 0.1) is 5.92 Å². The normalized spacial score (nSPS) is 28.4. The van der Waals surface area contributed by atoms with Crippen molar-refractivity contribution in [2.75, 3.05) is 13.1 Å². The van der Waals surface area contributed by atoms with Gasteiger partial charge >= 0.3 is 0 Å². The van der Waals surface area contributed by atoms with E-state index in [1.807, 2.05) is 0 Å². The second-order valence-corrected chi connectivity index (χ2v) is 7.70. The zero-order valence-corrected chi connectivity index (χ0v) is 14.3. The van der Waals surface area contributed by atoms with Crippen molar-refractivity contribution in [1.29, 1.82) is 0 Å². The predicted molar refractivity (Wildman–Crippen MR) is 88.1 cm³/mol. The fraction of sp³-hybridized carbons (Fsp3) is 1.00. The average molecular weight is 280 g/mol. The molecule has 1 saturated heterocycles. The topological polar surface area (TPSA) is 15.3 Å². The molecule has 2 aliphatic rings. The first-order valence-corrected chi connectivity index (χ1v) is 9.09. The molecule has 0 aromatic carbocycles. The van der Waals surface area contributed by atoms with Crippen LogP contribution >= 0.6 is 0 Å². The van der Waals surface area contributed by atoms with E-state index in [2.05, 4.69) is 37.9 Å². The third kappa shape index (κ3) is 3.76. The van der Waals surface area contributed by atoms with Gasteiger partial charge in [0.1, 0.15) is 0 Å². The van der Waals surface area contributed by atoms with Gasteiger partial charge in [0.25, 0.3) is 0 Å². The SMILES string of the molecule is CCCCCC(C)N1CC2(CCCC2)NCC1C(C)C. The lowest BCUT2D eigenvalue weighted by molar-refractivity contribution is 0.0240. The molecule has 0 amide bonds. The van der Waals surface area contributed by atoms with Crippen LogP contribution in [0.2, 0.25) is 0 Å². The largest absolute Gasteiger partial charge is 0.308 e. The lowest BCUT2D eigenvalue weighted by Gasteiger charge is -2.50. The lowest BCUT2D eigenvalue weighted by atomic mass is 9.87. The Morgan fingerprint density at radius 2 is 1.85 bits per heavy atom. The Balaban J connectivity index is 1.98. The second kappa shape index (κ2) is 7.26. The summed E-state index contributed by atoms with van der Waals surface area (Å²) in [6.07, 6.45) is 11.2. The van der Waals surface area contributed by atoms with Crippen molar-refractivity contribution in [3.63, 3.8) is 0 Å². The van der Waals surface area contributed by atoms with E-state index in [4.69, 9.17) is 0 Å². The van der Waals surface area contributed by atoms with Crippen LogP contribution < -0.4 is 5.32 Å². The molecule has 0 aromatic rings. The number of piperazine rings is 1. The molecule has 2 fully saturated rings. The van der Waals surface area contributed by atoms with Gasteiger partial charge in [-0.2, -0.15) is 0 Å². The van der Waals surface area contributed by atoms with E-state index in [9.17, 15) is 0 Å². The van der Waals surface area contributed by atoms with Gasteiger partial charge in [-0.1, -0.05) is 52.9 Å². The molecule has 1 heterocycles. The molecule has 20 heavy (non-hydrogen) atoms. The average Bonchev–Trinajstić information content (AvgIpc) is 2.86. The Morgan fingerprint density at radius 3 is 2.45 bits per heavy atom. The molecule has 1 aliphatic carbocycles.